The van der Waals surface area contributed by atoms with E-state index in [2.05, 4.69) is 104 Å². The first-order valence-corrected chi connectivity index (χ1v) is 41.0. The highest BCUT2D eigenvalue weighted by Crippen LogP contribution is 2.33. The molecule has 0 aromatic carbocycles. The number of allylic oxidation sites excluding steroid dienone is 15. The van der Waals surface area contributed by atoms with Gasteiger partial charge in [0, 0.05) is 6.42 Å². The smallest absolute Gasteiger partial charge is 0.220 e. The summed E-state index contributed by atoms with van der Waals surface area (Å²) in [5, 5.41) is 121. The molecule has 3 aliphatic rings. The molecule has 0 aromatic rings. The third kappa shape index (κ3) is 43.5. The normalized spacial score (nSPS) is 26.6. The number of carbonyl (C=O) groups excluding carboxylic acids is 1. The van der Waals surface area contributed by atoms with Gasteiger partial charge in [0.15, 0.2) is 18.9 Å². The summed E-state index contributed by atoms with van der Waals surface area (Å²) < 4.78 is 34.4. The number of rotatable bonds is 64. The predicted molar refractivity (Wildman–Crippen MR) is 411 cm³/mol. The summed E-state index contributed by atoms with van der Waals surface area (Å²) in [6.45, 7) is 1.62. The van der Waals surface area contributed by atoms with Crippen LogP contribution in [0.2, 0.25) is 0 Å². The van der Waals surface area contributed by atoms with E-state index in [1.54, 1.807) is 6.08 Å². The second-order valence-electron chi connectivity index (χ2n) is 28.8. The van der Waals surface area contributed by atoms with Crippen LogP contribution in [0.25, 0.3) is 0 Å². The maximum Gasteiger partial charge on any atom is 0.220 e. The number of aliphatic hydroxyl groups excluding tert-OH is 11. The predicted octanol–water partition coefficient (Wildman–Crippen LogP) is 14.0. The zero-order chi connectivity index (χ0) is 74.6. The highest BCUT2D eigenvalue weighted by molar-refractivity contribution is 5.76. The average molecular weight is 1460 g/mol. The summed E-state index contributed by atoms with van der Waals surface area (Å²) in [4.78, 5) is 13.5. The molecule has 17 atom stereocenters. The van der Waals surface area contributed by atoms with Gasteiger partial charge in [-0.15, -0.1) is 0 Å². The van der Waals surface area contributed by atoms with Crippen molar-refractivity contribution in [3.05, 3.63) is 97.2 Å². The Balaban J connectivity index is 1.36. The Labute approximate surface area is 622 Å². The molecule has 19 heteroatoms. The first-order valence-electron chi connectivity index (χ1n) is 41.0. The lowest BCUT2D eigenvalue weighted by Crippen LogP contribution is -2.66. The van der Waals surface area contributed by atoms with Gasteiger partial charge in [0.05, 0.1) is 38.6 Å². The van der Waals surface area contributed by atoms with Crippen molar-refractivity contribution in [3.63, 3.8) is 0 Å². The molecule has 0 aromatic heterocycles. The zero-order valence-electron chi connectivity index (χ0n) is 63.8. The molecule has 596 valence electrons. The molecule has 103 heavy (non-hydrogen) atoms. The van der Waals surface area contributed by atoms with Gasteiger partial charge in [-0.1, -0.05) is 297 Å². The van der Waals surface area contributed by atoms with E-state index in [0.29, 0.717) is 12.8 Å². The van der Waals surface area contributed by atoms with Crippen LogP contribution in [-0.2, 0) is 33.2 Å². The molecule has 1 amide bonds. The molecular weight excluding hydrogens is 1310 g/mol. The standard InChI is InChI=1S/C84H147NO18/c1-3-5-7-9-11-13-15-17-19-21-23-25-27-28-29-30-31-32-33-34-35-36-37-38-40-42-44-46-48-50-52-54-56-58-60-62-72(90)85-67(68(89)61-59-57-55-53-51-49-47-45-43-41-39-26-24-22-20-18-16-14-12-10-8-6-4-2)66-98-82-78(96)75(93)80(70(64-87)100-82)103-84-79(97)76(94)81(71(65-88)101-84)102-83-77(95)74(92)73(91)69(63-86)99-83/h5,7,11,13,17,19,23,25,28-29,43,45,51,53,59,61,67-71,73-84,86-89,91-97H,3-4,6,8-10,12,14-16,18,20-22,24,26-27,30-42,44,46-50,52,54-58,60,62-66H2,1-2H3,(H,85,90)/b7-5-,13-11-,19-17-,25-23-,29-28-,45-43+,53-51+,61-59+. The van der Waals surface area contributed by atoms with Gasteiger partial charge in [-0.2, -0.15) is 0 Å². The minimum atomic E-state index is -1.99. The van der Waals surface area contributed by atoms with Crippen molar-refractivity contribution in [3.8, 4) is 0 Å². The highest BCUT2D eigenvalue weighted by Gasteiger charge is 2.54. The van der Waals surface area contributed by atoms with Crippen molar-refractivity contribution in [2.45, 2.75) is 401 Å². The Morgan fingerprint density at radius 1 is 0.359 bits per heavy atom. The van der Waals surface area contributed by atoms with Crippen LogP contribution in [0, 0.1) is 0 Å². The average Bonchev–Trinajstić information content (AvgIpc) is 0.781. The quantitative estimate of drug-likeness (QED) is 0.0199. The fourth-order valence-corrected chi connectivity index (χ4v) is 13.3. The number of hydrogen-bond donors (Lipinski definition) is 12. The lowest BCUT2D eigenvalue weighted by Gasteiger charge is -2.48. The summed E-state index contributed by atoms with van der Waals surface area (Å²) >= 11 is 0. The Morgan fingerprint density at radius 3 is 1.09 bits per heavy atom. The number of aliphatic hydroxyl groups is 11. The molecule has 3 aliphatic heterocycles. The van der Waals surface area contributed by atoms with Gasteiger partial charge in [0.1, 0.15) is 73.2 Å². The summed E-state index contributed by atoms with van der Waals surface area (Å²) in [6.07, 6.45) is 59.7. The van der Waals surface area contributed by atoms with E-state index in [4.69, 9.17) is 28.4 Å². The Kier molecular flexibility index (Phi) is 58.0. The molecular formula is C84H147NO18. The van der Waals surface area contributed by atoms with Crippen LogP contribution in [0.15, 0.2) is 97.2 Å². The van der Waals surface area contributed by atoms with E-state index in [1.807, 2.05) is 6.08 Å². The topological polar surface area (TPSA) is 307 Å². The summed E-state index contributed by atoms with van der Waals surface area (Å²) in [7, 11) is 0. The van der Waals surface area contributed by atoms with E-state index in [0.717, 1.165) is 77.0 Å². The molecule has 3 fully saturated rings. The van der Waals surface area contributed by atoms with Crippen LogP contribution in [0.1, 0.15) is 296 Å². The molecule has 3 heterocycles. The highest BCUT2D eigenvalue weighted by atomic mass is 16.8. The number of ether oxygens (including phenoxy) is 6. The van der Waals surface area contributed by atoms with E-state index in [-0.39, 0.29) is 18.9 Å². The number of unbranched alkanes of at least 4 members (excludes halogenated alkanes) is 34. The second kappa shape index (κ2) is 63.6. The molecule has 17 unspecified atom stereocenters. The summed E-state index contributed by atoms with van der Waals surface area (Å²) in [5.41, 5.74) is 0. The zero-order valence-corrected chi connectivity index (χ0v) is 63.8. The van der Waals surface area contributed by atoms with Gasteiger partial charge in [0.25, 0.3) is 0 Å². The summed E-state index contributed by atoms with van der Waals surface area (Å²) in [5.74, 6) is -0.288. The monoisotopic (exact) mass is 1460 g/mol. The van der Waals surface area contributed by atoms with E-state index in [9.17, 15) is 61.0 Å². The lowest BCUT2D eigenvalue weighted by atomic mass is 9.96. The molecule has 0 aliphatic carbocycles. The van der Waals surface area contributed by atoms with Crippen LogP contribution >= 0.6 is 0 Å². The Hall–Kier alpha value is -3.29. The second-order valence-corrected chi connectivity index (χ2v) is 28.8. The van der Waals surface area contributed by atoms with Gasteiger partial charge in [-0.25, -0.2) is 0 Å². The van der Waals surface area contributed by atoms with Gasteiger partial charge in [0.2, 0.25) is 5.91 Å². The van der Waals surface area contributed by atoms with Crippen molar-refractivity contribution >= 4 is 5.91 Å². The van der Waals surface area contributed by atoms with E-state index >= 15 is 0 Å². The Morgan fingerprint density at radius 2 is 0.680 bits per heavy atom. The van der Waals surface area contributed by atoms with E-state index in [1.165, 1.54) is 186 Å². The van der Waals surface area contributed by atoms with Gasteiger partial charge >= 0.3 is 0 Å². The van der Waals surface area contributed by atoms with Crippen LogP contribution < -0.4 is 5.32 Å². The molecule has 12 N–H and O–H groups in total. The minimum absolute atomic E-state index is 0.230. The van der Waals surface area contributed by atoms with Gasteiger partial charge < -0.3 is 89.9 Å². The fourth-order valence-electron chi connectivity index (χ4n) is 13.3. The summed E-state index contributed by atoms with van der Waals surface area (Å²) in [6, 6.07) is -1.00. The number of nitrogens with one attached hydrogen (secondary N) is 1. The minimum Gasteiger partial charge on any atom is -0.394 e. The number of carbonyl (C=O) groups is 1. The SMILES string of the molecule is CC/C=C\C/C=C\C/C=C\C/C=C\C/C=C\CCCCCCCCCCCCCCCCCCCCCC(=O)NC(COC1OC(CO)C(OC2OC(CO)C(OC3OC(CO)C(O)C(O)C3O)C(O)C2O)C(O)C1O)C(O)/C=C/CC/C=C/CC/C=C/CCCCCCCCCCCCCCC. The van der Waals surface area contributed by atoms with Crippen LogP contribution in [-0.4, -0.2) is 193 Å². The first-order chi connectivity index (χ1) is 50.3. The third-order valence-corrected chi connectivity index (χ3v) is 19.8. The molecule has 0 spiro atoms. The van der Waals surface area contributed by atoms with Crippen molar-refractivity contribution in [1.82, 2.24) is 5.32 Å². The molecule has 3 saturated heterocycles. The maximum atomic E-state index is 13.5. The molecule has 0 radical (unpaired) electrons. The maximum absolute atomic E-state index is 13.5. The number of amides is 1. The van der Waals surface area contributed by atoms with Gasteiger partial charge in [-0.3, -0.25) is 4.79 Å². The van der Waals surface area contributed by atoms with Crippen molar-refractivity contribution in [1.29, 1.82) is 0 Å². The largest absolute Gasteiger partial charge is 0.394 e. The lowest BCUT2D eigenvalue weighted by molar-refractivity contribution is -0.379. The van der Waals surface area contributed by atoms with Crippen molar-refractivity contribution in [2.75, 3.05) is 26.4 Å². The third-order valence-electron chi connectivity index (χ3n) is 19.8. The Bertz CT molecular complexity index is 2240. The van der Waals surface area contributed by atoms with Crippen LogP contribution in [0.4, 0.5) is 0 Å². The first kappa shape index (κ1) is 93.9. The van der Waals surface area contributed by atoms with Crippen molar-refractivity contribution in [2.24, 2.45) is 0 Å². The molecule has 3 rings (SSSR count). The number of hydrogen-bond acceptors (Lipinski definition) is 18. The molecule has 0 bridgehead atoms. The molecule has 19 nitrogen and oxygen atoms in total. The van der Waals surface area contributed by atoms with Crippen LogP contribution in [0.3, 0.4) is 0 Å². The van der Waals surface area contributed by atoms with Crippen molar-refractivity contribution < 1.29 is 89.4 Å². The van der Waals surface area contributed by atoms with Gasteiger partial charge in [-0.05, 0) is 89.9 Å². The fraction of sp³-hybridized carbons (Fsp3) is 0.798. The molecule has 0 saturated carbocycles. The van der Waals surface area contributed by atoms with E-state index < -0.39 is 124 Å². The van der Waals surface area contributed by atoms with Crippen LogP contribution in [0.5, 0.6) is 0 Å².